The predicted octanol–water partition coefficient (Wildman–Crippen LogP) is 3.56. The summed E-state index contributed by atoms with van der Waals surface area (Å²) in [5, 5.41) is 19.0. The standard InChI is InChI=1S/C21H19FN6O2/c1-12-2-7-16(22)17(8-12)27-21(30)26-15-5-3-13(4-6-15)18-14(10-29)9-28-19(18)20(23)24-11-25-28/h2-9,11,29H,10H2,1H3,(H2,23,24,25)(H2,26,27,30). The molecule has 0 atom stereocenters. The number of halogens is 1. The zero-order chi connectivity index (χ0) is 21.3. The number of nitrogens with two attached hydrogens (primary N) is 1. The van der Waals surface area contributed by atoms with Crippen LogP contribution in [0.1, 0.15) is 11.1 Å². The maximum Gasteiger partial charge on any atom is 0.323 e. The Labute approximate surface area is 171 Å². The molecule has 2 heterocycles. The Hall–Kier alpha value is -3.98. The summed E-state index contributed by atoms with van der Waals surface area (Å²) in [5.41, 5.74) is 10.2. The highest BCUT2D eigenvalue weighted by Crippen LogP contribution is 2.33. The molecule has 0 saturated carbocycles. The number of hydrogen-bond acceptors (Lipinski definition) is 5. The molecule has 0 bridgehead atoms. The van der Waals surface area contributed by atoms with Crippen LogP contribution >= 0.6 is 0 Å². The van der Waals surface area contributed by atoms with Crippen LogP contribution in [-0.2, 0) is 6.61 Å². The number of aromatic nitrogens is 3. The van der Waals surface area contributed by atoms with Crippen molar-refractivity contribution >= 4 is 28.7 Å². The molecule has 0 aliphatic carbocycles. The number of nitrogens with one attached hydrogen (secondary N) is 2. The average Bonchev–Trinajstić information content (AvgIpc) is 3.11. The maximum atomic E-state index is 13.8. The lowest BCUT2D eigenvalue weighted by Gasteiger charge is -2.10. The first-order valence-electron chi connectivity index (χ1n) is 9.12. The van der Waals surface area contributed by atoms with Crippen LogP contribution in [0.2, 0.25) is 0 Å². The fraction of sp³-hybridized carbons (Fsp3) is 0.0952. The molecule has 152 valence electrons. The van der Waals surface area contributed by atoms with Crippen molar-refractivity contribution in [1.82, 2.24) is 14.6 Å². The SMILES string of the molecule is Cc1ccc(F)c(NC(=O)Nc2ccc(-c3c(CO)cn4ncnc(N)c34)cc2)c1. The van der Waals surface area contributed by atoms with Gasteiger partial charge in [0.1, 0.15) is 17.7 Å². The van der Waals surface area contributed by atoms with E-state index in [-0.39, 0.29) is 12.3 Å². The molecule has 5 N–H and O–H groups in total. The van der Waals surface area contributed by atoms with Gasteiger partial charge in [-0.3, -0.25) is 0 Å². The minimum atomic E-state index is -0.560. The fourth-order valence-corrected chi connectivity index (χ4v) is 3.27. The van der Waals surface area contributed by atoms with Crippen LogP contribution < -0.4 is 16.4 Å². The van der Waals surface area contributed by atoms with Crippen molar-refractivity contribution in [3.05, 3.63) is 71.9 Å². The Bertz CT molecular complexity index is 1240. The molecule has 0 fully saturated rings. The third-order valence-corrected chi connectivity index (χ3v) is 4.65. The molecule has 0 aliphatic rings. The van der Waals surface area contributed by atoms with E-state index >= 15 is 0 Å². The van der Waals surface area contributed by atoms with Crippen LogP contribution in [0.3, 0.4) is 0 Å². The summed E-state index contributed by atoms with van der Waals surface area (Å²) in [6.07, 6.45) is 3.04. The number of anilines is 3. The van der Waals surface area contributed by atoms with Gasteiger partial charge in [0.2, 0.25) is 0 Å². The smallest absolute Gasteiger partial charge is 0.323 e. The summed E-state index contributed by atoms with van der Waals surface area (Å²) in [5.74, 6) is -0.218. The van der Waals surface area contributed by atoms with Crippen LogP contribution in [0.4, 0.5) is 26.4 Å². The van der Waals surface area contributed by atoms with Gasteiger partial charge in [0, 0.05) is 23.0 Å². The van der Waals surface area contributed by atoms with Gasteiger partial charge in [0.05, 0.1) is 12.3 Å². The molecule has 4 aromatic rings. The molecular weight excluding hydrogens is 387 g/mol. The number of nitrogen functional groups attached to an aromatic ring is 1. The van der Waals surface area contributed by atoms with Gasteiger partial charge in [-0.2, -0.15) is 5.10 Å². The molecule has 0 unspecified atom stereocenters. The summed E-state index contributed by atoms with van der Waals surface area (Å²) in [6, 6.07) is 10.9. The van der Waals surface area contributed by atoms with Crippen LogP contribution in [0.15, 0.2) is 55.0 Å². The Kier molecular flexibility index (Phi) is 5.03. The molecule has 0 radical (unpaired) electrons. The zero-order valence-electron chi connectivity index (χ0n) is 16.1. The zero-order valence-corrected chi connectivity index (χ0v) is 16.1. The number of hydrogen-bond donors (Lipinski definition) is 4. The Morgan fingerprint density at radius 2 is 1.97 bits per heavy atom. The normalized spacial score (nSPS) is 10.9. The van der Waals surface area contributed by atoms with Gasteiger partial charge >= 0.3 is 6.03 Å². The summed E-state index contributed by atoms with van der Waals surface area (Å²) in [7, 11) is 0. The number of carbonyl (C=O) groups is 1. The number of aliphatic hydroxyl groups excluding tert-OH is 1. The van der Waals surface area contributed by atoms with Crippen molar-refractivity contribution in [2.24, 2.45) is 0 Å². The third-order valence-electron chi connectivity index (χ3n) is 4.65. The maximum absolute atomic E-state index is 13.8. The predicted molar refractivity (Wildman–Crippen MR) is 113 cm³/mol. The Balaban J connectivity index is 1.57. The van der Waals surface area contributed by atoms with E-state index in [9.17, 15) is 14.3 Å². The Morgan fingerprint density at radius 1 is 1.20 bits per heavy atom. The molecule has 0 spiro atoms. The molecular formula is C21H19FN6O2. The molecule has 2 aromatic carbocycles. The topological polar surface area (TPSA) is 118 Å². The van der Waals surface area contributed by atoms with Crippen molar-refractivity contribution < 1.29 is 14.3 Å². The largest absolute Gasteiger partial charge is 0.392 e. The number of nitrogens with zero attached hydrogens (tertiary/aromatic N) is 3. The van der Waals surface area contributed by atoms with E-state index in [1.165, 1.54) is 12.4 Å². The van der Waals surface area contributed by atoms with Crippen molar-refractivity contribution in [2.75, 3.05) is 16.4 Å². The summed E-state index contributed by atoms with van der Waals surface area (Å²) in [4.78, 5) is 16.2. The van der Waals surface area contributed by atoms with Crippen molar-refractivity contribution in [2.45, 2.75) is 13.5 Å². The van der Waals surface area contributed by atoms with E-state index in [1.807, 2.05) is 6.92 Å². The van der Waals surface area contributed by atoms with Gasteiger partial charge in [-0.1, -0.05) is 18.2 Å². The first kappa shape index (κ1) is 19.3. The number of urea groups is 1. The number of benzene rings is 2. The van der Waals surface area contributed by atoms with Crippen LogP contribution in [0.25, 0.3) is 16.6 Å². The molecule has 4 rings (SSSR count). The molecule has 9 heteroatoms. The van der Waals surface area contributed by atoms with E-state index in [0.717, 1.165) is 11.1 Å². The lowest BCUT2D eigenvalue weighted by Crippen LogP contribution is -2.20. The van der Waals surface area contributed by atoms with Gasteiger partial charge in [0.15, 0.2) is 5.82 Å². The second-order valence-electron chi connectivity index (χ2n) is 6.77. The van der Waals surface area contributed by atoms with E-state index < -0.39 is 11.8 Å². The van der Waals surface area contributed by atoms with Crippen LogP contribution in [0.5, 0.6) is 0 Å². The van der Waals surface area contributed by atoms with Crippen LogP contribution in [-0.4, -0.2) is 25.7 Å². The summed E-state index contributed by atoms with van der Waals surface area (Å²) < 4.78 is 15.4. The summed E-state index contributed by atoms with van der Waals surface area (Å²) >= 11 is 0. The first-order chi connectivity index (χ1) is 14.5. The molecule has 2 aromatic heterocycles. The van der Waals surface area contributed by atoms with Crippen molar-refractivity contribution in [3.8, 4) is 11.1 Å². The Morgan fingerprint density at radius 3 is 2.70 bits per heavy atom. The van der Waals surface area contributed by atoms with Gasteiger partial charge < -0.3 is 21.5 Å². The minimum absolute atomic E-state index is 0.104. The average molecular weight is 406 g/mol. The van der Waals surface area contributed by atoms with Crippen LogP contribution in [0, 0.1) is 12.7 Å². The molecule has 30 heavy (non-hydrogen) atoms. The van der Waals surface area contributed by atoms with E-state index in [2.05, 4.69) is 20.7 Å². The van der Waals surface area contributed by atoms with Gasteiger partial charge in [-0.05, 0) is 42.3 Å². The number of aryl methyl sites for hydroxylation is 1. The van der Waals surface area contributed by atoms with E-state index in [0.29, 0.717) is 28.1 Å². The minimum Gasteiger partial charge on any atom is -0.392 e. The monoisotopic (exact) mass is 406 g/mol. The molecule has 2 amide bonds. The quantitative estimate of drug-likeness (QED) is 0.413. The van der Waals surface area contributed by atoms with Crippen molar-refractivity contribution in [3.63, 3.8) is 0 Å². The van der Waals surface area contributed by atoms with Gasteiger partial charge in [-0.25, -0.2) is 18.7 Å². The molecule has 8 nitrogen and oxygen atoms in total. The number of rotatable bonds is 4. The lowest BCUT2D eigenvalue weighted by molar-refractivity contribution is 0.262. The van der Waals surface area contributed by atoms with E-state index in [1.54, 1.807) is 47.1 Å². The summed E-state index contributed by atoms with van der Waals surface area (Å²) in [6.45, 7) is 1.62. The fourth-order valence-electron chi connectivity index (χ4n) is 3.27. The van der Waals surface area contributed by atoms with Gasteiger partial charge in [-0.15, -0.1) is 0 Å². The highest BCUT2D eigenvalue weighted by Gasteiger charge is 2.16. The number of carbonyl (C=O) groups excluding carboxylic acids is 1. The first-order valence-corrected chi connectivity index (χ1v) is 9.12. The van der Waals surface area contributed by atoms with Crippen molar-refractivity contribution in [1.29, 1.82) is 0 Å². The number of fused-ring (bicyclic) bond motifs is 1. The molecule has 0 aliphatic heterocycles. The number of amides is 2. The molecule has 0 saturated heterocycles. The third kappa shape index (κ3) is 3.65. The highest BCUT2D eigenvalue weighted by atomic mass is 19.1. The van der Waals surface area contributed by atoms with E-state index in [4.69, 9.17) is 5.73 Å². The second-order valence-corrected chi connectivity index (χ2v) is 6.77. The van der Waals surface area contributed by atoms with Gasteiger partial charge in [0.25, 0.3) is 0 Å². The highest BCUT2D eigenvalue weighted by molar-refractivity contribution is 6.00. The lowest BCUT2D eigenvalue weighted by atomic mass is 10.0. The number of aliphatic hydroxyl groups is 1. The second kappa shape index (κ2) is 7.80.